The normalized spacial score (nSPS) is 41.4. The third-order valence-electron chi connectivity index (χ3n) is 11.2. The lowest BCUT2D eigenvalue weighted by Crippen LogP contribution is -2.75. The summed E-state index contributed by atoms with van der Waals surface area (Å²) in [6, 6.07) is 8.60. The number of aliphatic hydroxyl groups is 1. The summed E-state index contributed by atoms with van der Waals surface area (Å²) in [5, 5.41) is 14.6. The predicted octanol–water partition coefficient (Wildman–Crippen LogP) is 5.16. The van der Waals surface area contributed by atoms with Gasteiger partial charge in [0.05, 0.1) is 12.7 Å². The molecule has 2 saturated carbocycles. The third-order valence-corrected chi connectivity index (χ3v) is 11.2. The molecule has 1 spiro atoms. The molecule has 0 amide bonds. The fourth-order valence-corrected chi connectivity index (χ4v) is 9.38. The fourth-order valence-electron chi connectivity index (χ4n) is 9.38. The Kier molecular flexibility index (Phi) is 5.10. The molecule has 6 heteroatoms. The van der Waals surface area contributed by atoms with Gasteiger partial charge in [-0.3, -0.25) is 4.79 Å². The number of hydrogen-bond acceptors (Lipinski definition) is 5. The van der Waals surface area contributed by atoms with Gasteiger partial charge in [-0.2, -0.15) is 0 Å². The highest BCUT2D eigenvalue weighted by molar-refractivity contribution is 5.97. The highest BCUT2D eigenvalue weighted by Crippen LogP contribution is 2.72. The van der Waals surface area contributed by atoms with Crippen molar-refractivity contribution < 1.29 is 24.1 Å². The number of carbonyl (C=O) groups excluding carboxylic acids is 1. The maximum Gasteiger partial charge on any atom is 0.195 e. The molecular formula is C33H39NO5. The first-order valence-corrected chi connectivity index (χ1v) is 14.3. The minimum atomic E-state index is -1.49. The average Bonchev–Trinajstić information content (AvgIpc) is 3.46. The number of ether oxygens (including phenoxy) is 3. The number of ketones is 1. The summed E-state index contributed by atoms with van der Waals surface area (Å²) in [4.78, 5) is 13.5. The summed E-state index contributed by atoms with van der Waals surface area (Å²) in [5.41, 5.74) is 1.03. The van der Waals surface area contributed by atoms with E-state index >= 15 is 0 Å². The van der Waals surface area contributed by atoms with Crippen LogP contribution in [0, 0.1) is 11.3 Å². The van der Waals surface area contributed by atoms with E-state index in [1.807, 2.05) is 19.9 Å². The second-order valence-corrected chi connectivity index (χ2v) is 13.2. The van der Waals surface area contributed by atoms with Gasteiger partial charge in [0, 0.05) is 46.0 Å². The second-order valence-electron chi connectivity index (χ2n) is 13.2. The number of carbonyl (C=O) groups is 1. The van der Waals surface area contributed by atoms with Crippen molar-refractivity contribution in [2.75, 3.05) is 6.61 Å². The van der Waals surface area contributed by atoms with Gasteiger partial charge in [-0.05, 0) is 56.7 Å². The largest absolute Gasteiger partial charge is 0.382 e. The van der Waals surface area contributed by atoms with Gasteiger partial charge in [0.1, 0.15) is 11.2 Å². The minimum Gasteiger partial charge on any atom is -0.382 e. The average molecular weight is 530 g/mol. The van der Waals surface area contributed by atoms with Gasteiger partial charge in [0.15, 0.2) is 17.7 Å². The Morgan fingerprint density at radius 3 is 2.67 bits per heavy atom. The minimum absolute atomic E-state index is 0.150. The molecule has 39 heavy (non-hydrogen) atoms. The summed E-state index contributed by atoms with van der Waals surface area (Å²) in [5.74, 6) is -1.03. The quantitative estimate of drug-likeness (QED) is 0.542. The number of hydrogen-bond donors (Lipinski definition) is 1. The van der Waals surface area contributed by atoms with Crippen LogP contribution >= 0.6 is 0 Å². The summed E-state index contributed by atoms with van der Waals surface area (Å²) in [7, 11) is 0. The van der Waals surface area contributed by atoms with Crippen molar-refractivity contribution in [2.24, 2.45) is 11.3 Å². The molecule has 3 aliphatic carbocycles. The molecule has 7 atom stereocenters. The van der Waals surface area contributed by atoms with Crippen LogP contribution in [0.1, 0.15) is 58.2 Å². The summed E-state index contributed by atoms with van der Waals surface area (Å²) in [6.07, 6.45) is 6.91. The molecule has 6 nitrogen and oxygen atoms in total. The fraction of sp³-hybridized carbons (Fsp3) is 0.545. The van der Waals surface area contributed by atoms with Crippen LogP contribution in [0.15, 0.2) is 61.2 Å². The number of para-hydroxylation sites is 1. The van der Waals surface area contributed by atoms with Crippen molar-refractivity contribution in [1.82, 2.24) is 4.57 Å². The maximum atomic E-state index is 13.5. The molecule has 1 N–H and O–H groups in total. The van der Waals surface area contributed by atoms with Gasteiger partial charge >= 0.3 is 0 Å². The van der Waals surface area contributed by atoms with Gasteiger partial charge in [-0.1, -0.05) is 44.2 Å². The van der Waals surface area contributed by atoms with Gasteiger partial charge < -0.3 is 23.9 Å². The standard InChI is InChI=1S/C33H39NO5/c1-7-15-34-23-12-10-9-11-21(23)22-17-20-18-26(37-16-8-2)33(36)25-19-24(35)28-29(3,4)39-32(25,38-28)14-13-30(33,5)31(20,6)27(22)34/h7-12,19-20,26,28,36H,1-2,13-18H2,3-6H3/t20-,26+,28+,30-,31-,32+,33+/m1/s1. The van der Waals surface area contributed by atoms with Crippen LogP contribution in [0.4, 0.5) is 0 Å². The first-order chi connectivity index (χ1) is 18.5. The topological polar surface area (TPSA) is 69.9 Å². The lowest BCUT2D eigenvalue weighted by Gasteiger charge is -2.67. The van der Waals surface area contributed by atoms with E-state index in [2.05, 4.69) is 55.8 Å². The Morgan fingerprint density at radius 1 is 1.15 bits per heavy atom. The molecule has 0 radical (unpaired) electrons. The molecule has 1 aromatic heterocycles. The molecule has 5 aliphatic rings. The van der Waals surface area contributed by atoms with E-state index < -0.39 is 40.0 Å². The Bertz CT molecular complexity index is 1470. The predicted molar refractivity (Wildman–Crippen MR) is 149 cm³/mol. The molecule has 2 aliphatic heterocycles. The number of rotatable bonds is 5. The Hall–Kier alpha value is -2.51. The van der Waals surface area contributed by atoms with Crippen LogP contribution in [-0.2, 0) is 37.4 Å². The van der Waals surface area contributed by atoms with Gasteiger partial charge in [-0.25, -0.2) is 0 Å². The summed E-state index contributed by atoms with van der Waals surface area (Å²) >= 11 is 0. The van der Waals surface area contributed by atoms with Crippen molar-refractivity contribution in [3.05, 3.63) is 72.5 Å². The summed E-state index contributed by atoms with van der Waals surface area (Å²) in [6.45, 7) is 17.3. The first kappa shape index (κ1) is 25.5. The SMILES string of the molecule is C=CCO[C@H]1C[C@H]2Cc3c(n(CC=C)c4ccccc34)[C@]2(C)[C@@]2(C)CC[C@@]34O[C@@H](C(=O)C=C3[C@]12O)C(C)(C)O4. The van der Waals surface area contributed by atoms with Gasteiger partial charge in [0.2, 0.25) is 0 Å². The lowest BCUT2D eigenvalue weighted by atomic mass is 9.41. The number of allylic oxidation sites excluding steroid dienone is 1. The number of fused-ring (bicyclic) bond motifs is 9. The van der Waals surface area contributed by atoms with E-state index in [0.29, 0.717) is 38.0 Å². The van der Waals surface area contributed by atoms with Crippen molar-refractivity contribution in [1.29, 1.82) is 0 Å². The lowest BCUT2D eigenvalue weighted by molar-refractivity contribution is -0.279. The zero-order valence-corrected chi connectivity index (χ0v) is 23.5. The molecule has 1 saturated heterocycles. The van der Waals surface area contributed by atoms with Crippen molar-refractivity contribution in [3.63, 3.8) is 0 Å². The third kappa shape index (κ3) is 2.79. The molecule has 0 unspecified atom stereocenters. The molecule has 1 aromatic carbocycles. The zero-order chi connectivity index (χ0) is 27.6. The molecule has 206 valence electrons. The molecule has 2 aromatic rings. The van der Waals surface area contributed by atoms with Gasteiger partial charge in [0.25, 0.3) is 0 Å². The van der Waals surface area contributed by atoms with Crippen LogP contribution in [0.3, 0.4) is 0 Å². The molecule has 3 heterocycles. The van der Waals surface area contributed by atoms with E-state index in [1.165, 1.54) is 22.2 Å². The van der Waals surface area contributed by atoms with Crippen molar-refractivity contribution in [2.45, 2.75) is 94.5 Å². The maximum absolute atomic E-state index is 13.5. The van der Waals surface area contributed by atoms with Crippen LogP contribution < -0.4 is 0 Å². The van der Waals surface area contributed by atoms with E-state index in [9.17, 15) is 9.90 Å². The van der Waals surface area contributed by atoms with Crippen LogP contribution in [0.5, 0.6) is 0 Å². The highest BCUT2D eigenvalue weighted by Gasteiger charge is 2.78. The van der Waals surface area contributed by atoms with E-state index in [0.717, 1.165) is 6.42 Å². The van der Waals surface area contributed by atoms with E-state index in [-0.39, 0.29) is 11.7 Å². The molecule has 7 rings (SSSR count). The Labute approximate surface area is 230 Å². The van der Waals surface area contributed by atoms with Crippen LogP contribution in [0.25, 0.3) is 10.9 Å². The molecule has 2 bridgehead atoms. The first-order valence-electron chi connectivity index (χ1n) is 14.3. The van der Waals surface area contributed by atoms with E-state index in [4.69, 9.17) is 14.2 Å². The van der Waals surface area contributed by atoms with Crippen LogP contribution in [-0.4, -0.2) is 51.3 Å². The number of nitrogens with zero attached hydrogens (tertiary/aromatic N) is 1. The van der Waals surface area contributed by atoms with E-state index in [1.54, 1.807) is 12.2 Å². The smallest absolute Gasteiger partial charge is 0.195 e. The van der Waals surface area contributed by atoms with Crippen molar-refractivity contribution in [3.8, 4) is 0 Å². The van der Waals surface area contributed by atoms with Gasteiger partial charge in [-0.15, -0.1) is 13.2 Å². The monoisotopic (exact) mass is 529 g/mol. The number of benzene rings is 1. The highest BCUT2D eigenvalue weighted by atomic mass is 16.8. The van der Waals surface area contributed by atoms with Crippen molar-refractivity contribution >= 4 is 16.7 Å². The molecular weight excluding hydrogens is 490 g/mol. The summed E-state index contributed by atoms with van der Waals surface area (Å²) < 4.78 is 21.9. The Balaban J connectivity index is 1.49. The zero-order valence-electron chi connectivity index (χ0n) is 23.5. The molecule has 3 fully saturated rings. The second kappa shape index (κ2) is 7.82. The Morgan fingerprint density at radius 2 is 1.92 bits per heavy atom. The van der Waals surface area contributed by atoms with Crippen LogP contribution in [0.2, 0.25) is 0 Å². The number of aromatic nitrogens is 1.